The van der Waals surface area contributed by atoms with Gasteiger partial charge in [0.05, 0.1) is 16.7 Å². The summed E-state index contributed by atoms with van der Waals surface area (Å²) in [4.78, 5) is 2.40. The van der Waals surface area contributed by atoms with E-state index in [0.717, 1.165) is 45.3 Å². The normalized spacial score (nSPS) is 12.0. The Morgan fingerprint density at radius 2 is 1.10 bits per heavy atom. The van der Waals surface area contributed by atoms with E-state index in [9.17, 15) is 0 Å². The summed E-state index contributed by atoms with van der Waals surface area (Å²) < 4.78 is 11.4. The second kappa shape index (κ2) is 11.5. The van der Waals surface area contributed by atoms with Gasteiger partial charge in [0, 0.05) is 48.0 Å². The lowest BCUT2D eigenvalue weighted by molar-refractivity contribution is 0.476. The zero-order chi connectivity index (χ0) is 34.2. The maximum atomic E-state index is 6.42. The second-order valence-corrected chi connectivity index (χ2v) is 14.4. The Kier molecular flexibility index (Phi) is 6.42. The number of benzene rings is 8. The van der Waals surface area contributed by atoms with Crippen LogP contribution in [-0.4, -0.2) is 4.57 Å². The Hall–Kier alpha value is -6.62. The summed E-state index contributed by atoms with van der Waals surface area (Å²) in [5.74, 6) is 1.75. The molecule has 1 aliphatic rings. The van der Waals surface area contributed by atoms with Gasteiger partial charge in [0.25, 0.3) is 0 Å². The van der Waals surface area contributed by atoms with Crippen molar-refractivity contribution in [2.75, 3.05) is 4.90 Å². The minimum absolute atomic E-state index is 0.865. The maximum absolute atomic E-state index is 6.42. The van der Waals surface area contributed by atoms with Crippen LogP contribution in [-0.2, 0) is 0 Å². The molecule has 8 aromatic carbocycles. The standard InChI is InChI=1S/C48H30N2OS/c1-3-11-31(12-4-1)32-21-23-34(24-22-32)49(36-26-28-40-46(30-36)52-45-20-10-15-37(47(40)45)33-13-5-2-6-14-33)35-25-27-38-39-16-9-19-44-48(39)50(42(38)29-35)41-17-7-8-18-43(41)51-44/h1-30H. The molecule has 0 bridgehead atoms. The van der Waals surface area contributed by atoms with E-state index in [0.29, 0.717) is 0 Å². The largest absolute Gasteiger partial charge is 0.453 e. The molecule has 0 amide bonds. The number of thiophene rings is 1. The van der Waals surface area contributed by atoms with Crippen molar-refractivity contribution in [1.29, 1.82) is 0 Å². The molecular formula is C48H30N2OS. The number of fused-ring (bicyclic) bond motifs is 8. The van der Waals surface area contributed by atoms with Crippen molar-refractivity contribution in [2.45, 2.75) is 0 Å². The van der Waals surface area contributed by atoms with Crippen LogP contribution in [0.25, 0.3) is 69.9 Å². The number of hydrogen-bond acceptors (Lipinski definition) is 3. The third kappa shape index (κ3) is 4.45. The third-order valence-electron chi connectivity index (χ3n) is 10.4. The summed E-state index contributed by atoms with van der Waals surface area (Å²) in [7, 11) is 0. The summed E-state index contributed by atoms with van der Waals surface area (Å²) in [5, 5.41) is 4.99. The van der Waals surface area contributed by atoms with E-state index in [2.05, 4.69) is 185 Å². The van der Waals surface area contributed by atoms with E-state index in [1.165, 1.54) is 53.2 Å². The predicted molar refractivity (Wildman–Crippen MR) is 219 cm³/mol. The number of aromatic nitrogens is 1. The minimum atomic E-state index is 0.865. The lowest BCUT2D eigenvalue weighted by Crippen LogP contribution is -2.10. The Morgan fingerprint density at radius 3 is 1.92 bits per heavy atom. The number of nitrogens with zero attached hydrogens (tertiary/aromatic N) is 2. The van der Waals surface area contributed by atoms with Crippen LogP contribution < -0.4 is 9.64 Å². The number of para-hydroxylation sites is 3. The summed E-state index contributed by atoms with van der Waals surface area (Å²) in [6, 6.07) is 65.5. The van der Waals surface area contributed by atoms with Crippen LogP contribution in [0.4, 0.5) is 17.1 Å². The third-order valence-corrected chi connectivity index (χ3v) is 11.5. The van der Waals surface area contributed by atoms with E-state index >= 15 is 0 Å². The first kappa shape index (κ1) is 29.1. The Bertz CT molecular complexity index is 2980. The minimum Gasteiger partial charge on any atom is -0.453 e. The molecule has 0 N–H and O–H groups in total. The molecule has 0 spiro atoms. The molecule has 0 unspecified atom stereocenters. The average Bonchev–Trinajstić information content (AvgIpc) is 3.75. The van der Waals surface area contributed by atoms with Crippen LogP contribution in [0.2, 0.25) is 0 Å². The van der Waals surface area contributed by atoms with Gasteiger partial charge in [-0.05, 0) is 82.9 Å². The monoisotopic (exact) mass is 682 g/mol. The van der Waals surface area contributed by atoms with Gasteiger partial charge in [-0.15, -0.1) is 11.3 Å². The first-order chi connectivity index (χ1) is 25.8. The van der Waals surface area contributed by atoms with Crippen LogP contribution in [0.5, 0.6) is 11.5 Å². The van der Waals surface area contributed by atoms with Gasteiger partial charge < -0.3 is 14.2 Å². The molecule has 3 nitrogen and oxygen atoms in total. The number of ether oxygens (including phenoxy) is 1. The van der Waals surface area contributed by atoms with Gasteiger partial charge in [-0.1, -0.05) is 121 Å². The molecule has 0 fully saturated rings. The smallest absolute Gasteiger partial charge is 0.152 e. The average molecular weight is 683 g/mol. The highest BCUT2D eigenvalue weighted by Gasteiger charge is 2.25. The molecule has 244 valence electrons. The fourth-order valence-electron chi connectivity index (χ4n) is 8.03. The van der Waals surface area contributed by atoms with Crippen molar-refractivity contribution in [3.8, 4) is 39.4 Å². The van der Waals surface area contributed by atoms with Gasteiger partial charge in [-0.3, -0.25) is 0 Å². The summed E-state index contributed by atoms with van der Waals surface area (Å²) in [6.45, 7) is 0. The fraction of sp³-hybridized carbons (Fsp3) is 0. The van der Waals surface area contributed by atoms with E-state index < -0.39 is 0 Å². The lowest BCUT2D eigenvalue weighted by atomic mass is 9.99. The first-order valence-corrected chi connectivity index (χ1v) is 18.4. The van der Waals surface area contributed by atoms with Crippen molar-refractivity contribution in [2.24, 2.45) is 0 Å². The van der Waals surface area contributed by atoms with Gasteiger partial charge in [-0.2, -0.15) is 0 Å². The van der Waals surface area contributed by atoms with Crippen LogP contribution in [0.3, 0.4) is 0 Å². The van der Waals surface area contributed by atoms with Crippen LogP contribution in [0.15, 0.2) is 182 Å². The first-order valence-electron chi connectivity index (χ1n) is 17.6. The van der Waals surface area contributed by atoms with Crippen LogP contribution in [0.1, 0.15) is 0 Å². The Morgan fingerprint density at radius 1 is 0.442 bits per heavy atom. The summed E-state index contributed by atoms with van der Waals surface area (Å²) in [5.41, 5.74) is 11.5. The highest BCUT2D eigenvalue weighted by molar-refractivity contribution is 7.26. The van der Waals surface area contributed by atoms with Crippen molar-refractivity contribution in [3.05, 3.63) is 182 Å². The lowest BCUT2D eigenvalue weighted by Gasteiger charge is -2.26. The molecule has 0 saturated heterocycles. The highest BCUT2D eigenvalue weighted by atomic mass is 32.1. The number of hydrogen-bond donors (Lipinski definition) is 0. The van der Waals surface area contributed by atoms with Gasteiger partial charge in [0.1, 0.15) is 0 Å². The van der Waals surface area contributed by atoms with Gasteiger partial charge in [-0.25, -0.2) is 0 Å². The summed E-state index contributed by atoms with van der Waals surface area (Å²) >= 11 is 1.86. The predicted octanol–water partition coefficient (Wildman–Crippen LogP) is 14.1. The molecule has 0 saturated carbocycles. The van der Waals surface area contributed by atoms with E-state index in [1.807, 2.05) is 17.4 Å². The fourth-order valence-corrected chi connectivity index (χ4v) is 9.20. The van der Waals surface area contributed by atoms with Crippen molar-refractivity contribution in [1.82, 2.24) is 4.57 Å². The number of anilines is 3. The maximum Gasteiger partial charge on any atom is 0.152 e. The molecule has 10 aromatic rings. The zero-order valence-corrected chi connectivity index (χ0v) is 28.8. The zero-order valence-electron chi connectivity index (χ0n) is 28.0. The van der Waals surface area contributed by atoms with Gasteiger partial charge >= 0.3 is 0 Å². The van der Waals surface area contributed by atoms with Crippen molar-refractivity contribution >= 4 is 70.4 Å². The van der Waals surface area contributed by atoms with Gasteiger partial charge in [0.2, 0.25) is 0 Å². The molecule has 11 rings (SSSR count). The molecule has 4 heteroatoms. The van der Waals surface area contributed by atoms with Crippen molar-refractivity contribution in [3.63, 3.8) is 0 Å². The summed E-state index contributed by atoms with van der Waals surface area (Å²) in [6.07, 6.45) is 0. The highest BCUT2D eigenvalue weighted by Crippen LogP contribution is 2.48. The van der Waals surface area contributed by atoms with E-state index in [1.54, 1.807) is 0 Å². The number of rotatable bonds is 5. The molecule has 1 aliphatic heterocycles. The Balaban J connectivity index is 1.13. The molecule has 0 aliphatic carbocycles. The Labute approximate surface area is 304 Å². The van der Waals surface area contributed by atoms with Crippen LogP contribution in [0, 0.1) is 0 Å². The van der Waals surface area contributed by atoms with Gasteiger partial charge in [0.15, 0.2) is 11.5 Å². The molecule has 52 heavy (non-hydrogen) atoms. The molecule has 0 atom stereocenters. The second-order valence-electron chi connectivity index (χ2n) is 13.3. The van der Waals surface area contributed by atoms with E-state index in [-0.39, 0.29) is 0 Å². The quantitative estimate of drug-likeness (QED) is 0.180. The SMILES string of the molecule is c1ccc(-c2ccc(N(c3ccc4c(c3)sc3cccc(-c5ccccc5)c34)c3ccc4c5cccc6c5n(c4c3)-c3ccccc3O6)cc2)cc1. The van der Waals surface area contributed by atoms with Crippen molar-refractivity contribution < 1.29 is 4.74 Å². The molecule has 2 aromatic heterocycles. The van der Waals surface area contributed by atoms with E-state index in [4.69, 9.17) is 4.74 Å². The van der Waals surface area contributed by atoms with Crippen LogP contribution >= 0.6 is 11.3 Å². The topological polar surface area (TPSA) is 17.4 Å². The molecule has 3 heterocycles. The molecule has 0 radical (unpaired) electrons. The molecular weight excluding hydrogens is 653 g/mol.